The second-order valence-electron chi connectivity index (χ2n) is 5.25. The van der Waals surface area contributed by atoms with Crippen LogP contribution in [0, 0.1) is 6.92 Å². The normalized spacial score (nSPS) is 15.9. The third kappa shape index (κ3) is 3.38. The highest BCUT2D eigenvalue weighted by Crippen LogP contribution is 2.11. The van der Waals surface area contributed by atoms with Gasteiger partial charge in [-0.3, -0.25) is 9.59 Å². The van der Waals surface area contributed by atoms with Gasteiger partial charge >= 0.3 is 0 Å². The van der Waals surface area contributed by atoms with Crippen molar-refractivity contribution in [3.8, 4) is 0 Å². The quantitative estimate of drug-likeness (QED) is 0.828. The van der Waals surface area contributed by atoms with E-state index in [-0.39, 0.29) is 11.8 Å². The number of carbonyl (C=O) groups is 2. The van der Waals surface area contributed by atoms with Gasteiger partial charge in [0.2, 0.25) is 5.91 Å². The molecule has 0 atom stereocenters. The van der Waals surface area contributed by atoms with E-state index in [4.69, 9.17) is 0 Å². The molecular formula is C16H22N2O2. The summed E-state index contributed by atoms with van der Waals surface area (Å²) in [5, 5.41) is 0. The van der Waals surface area contributed by atoms with Crippen molar-refractivity contribution in [2.45, 2.75) is 26.7 Å². The summed E-state index contributed by atoms with van der Waals surface area (Å²) in [5.41, 5.74) is 1.83. The molecule has 108 valence electrons. The molecular weight excluding hydrogens is 252 g/mol. The maximum atomic E-state index is 12.5. The van der Waals surface area contributed by atoms with E-state index in [2.05, 4.69) is 0 Å². The van der Waals surface area contributed by atoms with Gasteiger partial charge < -0.3 is 9.80 Å². The third-order valence-corrected chi connectivity index (χ3v) is 3.70. The van der Waals surface area contributed by atoms with Crippen LogP contribution in [0.1, 0.15) is 35.7 Å². The Morgan fingerprint density at radius 2 is 1.80 bits per heavy atom. The zero-order valence-corrected chi connectivity index (χ0v) is 12.3. The first-order chi connectivity index (χ1) is 9.61. The monoisotopic (exact) mass is 274 g/mol. The highest BCUT2D eigenvalue weighted by atomic mass is 16.2. The molecule has 4 nitrogen and oxygen atoms in total. The first-order valence-electron chi connectivity index (χ1n) is 7.25. The lowest BCUT2D eigenvalue weighted by Gasteiger charge is -2.22. The zero-order valence-electron chi connectivity index (χ0n) is 12.3. The van der Waals surface area contributed by atoms with Gasteiger partial charge in [0.05, 0.1) is 0 Å². The molecule has 0 saturated carbocycles. The van der Waals surface area contributed by atoms with E-state index in [9.17, 15) is 9.59 Å². The molecule has 0 bridgehead atoms. The summed E-state index contributed by atoms with van der Waals surface area (Å²) in [6.45, 7) is 6.61. The maximum Gasteiger partial charge on any atom is 0.253 e. The van der Waals surface area contributed by atoms with Crippen molar-refractivity contribution in [3.05, 3.63) is 35.4 Å². The second kappa shape index (κ2) is 6.55. The van der Waals surface area contributed by atoms with Crippen LogP contribution in [0.15, 0.2) is 24.3 Å². The summed E-state index contributed by atoms with van der Waals surface area (Å²) < 4.78 is 0. The third-order valence-electron chi connectivity index (χ3n) is 3.70. The molecule has 4 heteroatoms. The number of hydrogen-bond acceptors (Lipinski definition) is 2. The number of nitrogens with zero attached hydrogens (tertiary/aromatic N) is 2. The van der Waals surface area contributed by atoms with Crippen molar-refractivity contribution >= 4 is 11.8 Å². The summed E-state index contributed by atoms with van der Waals surface area (Å²) in [6.07, 6.45) is 1.38. The minimum atomic E-state index is 0.0690. The Kier molecular flexibility index (Phi) is 4.77. The largest absolute Gasteiger partial charge is 0.341 e. The number of aryl methyl sites for hydroxylation is 1. The molecule has 1 fully saturated rings. The molecule has 0 radical (unpaired) electrons. The molecule has 1 saturated heterocycles. The molecule has 1 aliphatic rings. The van der Waals surface area contributed by atoms with Gasteiger partial charge in [-0.05, 0) is 25.5 Å². The second-order valence-corrected chi connectivity index (χ2v) is 5.25. The Balaban J connectivity index is 2.03. The van der Waals surface area contributed by atoms with E-state index >= 15 is 0 Å². The van der Waals surface area contributed by atoms with Crippen LogP contribution >= 0.6 is 0 Å². The van der Waals surface area contributed by atoms with Crippen molar-refractivity contribution in [1.82, 2.24) is 9.80 Å². The first kappa shape index (κ1) is 14.6. The topological polar surface area (TPSA) is 40.6 Å². The summed E-state index contributed by atoms with van der Waals surface area (Å²) in [5.74, 6) is 0.245. The minimum Gasteiger partial charge on any atom is -0.341 e. The lowest BCUT2D eigenvalue weighted by Crippen LogP contribution is -2.37. The Morgan fingerprint density at radius 1 is 1.10 bits per heavy atom. The standard InChI is InChI=1S/C16H22N2O2/c1-3-15(19)17-8-5-9-18(11-10-17)16(20)14-7-4-6-13(2)12-14/h4,6-7,12H,3,5,8-11H2,1-2H3. The number of benzene rings is 1. The maximum absolute atomic E-state index is 12.5. The molecule has 2 amide bonds. The van der Waals surface area contributed by atoms with Gasteiger partial charge in [-0.1, -0.05) is 24.6 Å². The van der Waals surface area contributed by atoms with Gasteiger partial charge in [0.25, 0.3) is 5.91 Å². The summed E-state index contributed by atoms with van der Waals surface area (Å²) in [7, 11) is 0. The van der Waals surface area contributed by atoms with Crippen molar-refractivity contribution in [3.63, 3.8) is 0 Å². The fraction of sp³-hybridized carbons (Fsp3) is 0.500. The van der Waals surface area contributed by atoms with Gasteiger partial charge in [-0.2, -0.15) is 0 Å². The smallest absolute Gasteiger partial charge is 0.253 e. The van der Waals surface area contributed by atoms with Gasteiger partial charge in [-0.25, -0.2) is 0 Å². The molecule has 0 N–H and O–H groups in total. The number of amides is 2. The fourth-order valence-corrected chi connectivity index (χ4v) is 2.55. The summed E-state index contributed by atoms with van der Waals surface area (Å²) in [6, 6.07) is 7.67. The Bertz CT molecular complexity index is 499. The molecule has 0 spiro atoms. The highest BCUT2D eigenvalue weighted by molar-refractivity contribution is 5.94. The van der Waals surface area contributed by atoms with Crippen molar-refractivity contribution in [2.24, 2.45) is 0 Å². The zero-order chi connectivity index (χ0) is 14.5. The molecule has 0 aromatic heterocycles. The molecule has 1 aromatic rings. The summed E-state index contributed by atoms with van der Waals surface area (Å²) in [4.78, 5) is 27.9. The molecule has 0 aliphatic carbocycles. The Hall–Kier alpha value is -1.84. The van der Waals surface area contributed by atoms with E-state index in [1.54, 1.807) is 0 Å². The van der Waals surface area contributed by atoms with Crippen LogP contribution in [-0.2, 0) is 4.79 Å². The lowest BCUT2D eigenvalue weighted by atomic mass is 10.1. The predicted octanol–water partition coefficient (Wildman–Crippen LogP) is 2.08. The molecule has 2 rings (SSSR count). The van der Waals surface area contributed by atoms with Crippen molar-refractivity contribution in [2.75, 3.05) is 26.2 Å². The van der Waals surface area contributed by atoms with Crippen LogP contribution in [0.3, 0.4) is 0 Å². The predicted molar refractivity (Wildman–Crippen MR) is 78.6 cm³/mol. The van der Waals surface area contributed by atoms with Crippen LogP contribution in [-0.4, -0.2) is 47.8 Å². The molecule has 1 aliphatic heterocycles. The van der Waals surface area contributed by atoms with Crippen molar-refractivity contribution in [1.29, 1.82) is 0 Å². The van der Waals surface area contributed by atoms with E-state index in [1.165, 1.54) is 0 Å². The number of rotatable bonds is 2. The molecule has 20 heavy (non-hydrogen) atoms. The first-order valence-corrected chi connectivity index (χ1v) is 7.25. The van der Waals surface area contributed by atoms with Crippen LogP contribution < -0.4 is 0 Å². The molecule has 1 heterocycles. The van der Waals surface area contributed by atoms with Gasteiger partial charge in [-0.15, -0.1) is 0 Å². The van der Waals surface area contributed by atoms with Crippen LogP contribution in [0.2, 0.25) is 0 Å². The minimum absolute atomic E-state index is 0.0690. The Labute approximate surface area is 120 Å². The van der Waals surface area contributed by atoms with E-state index < -0.39 is 0 Å². The van der Waals surface area contributed by atoms with Crippen molar-refractivity contribution < 1.29 is 9.59 Å². The van der Waals surface area contributed by atoms with Crippen LogP contribution in [0.4, 0.5) is 0 Å². The van der Waals surface area contributed by atoms with Crippen LogP contribution in [0.25, 0.3) is 0 Å². The number of carbonyl (C=O) groups excluding carboxylic acids is 2. The van der Waals surface area contributed by atoms with Gasteiger partial charge in [0.1, 0.15) is 0 Å². The highest BCUT2D eigenvalue weighted by Gasteiger charge is 2.21. The fourth-order valence-electron chi connectivity index (χ4n) is 2.55. The van der Waals surface area contributed by atoms with Crippen LogP contribution in [0.5, 0.6) is 0 Å². The summed E-state index contributed by atoms with van der Waals surface area (Å²) >= 11 is 0. The van der Waals surface area contributed by atoms with E-state index in [0.717, 1.165) is 30.6 Å². The Morgan fingerprint density at radius 3 is 2.50 bits per heavy atom. The van der Waals surface area contributed by atoms with E-state index in [0.29, 0.717) is 19.5 Å². The average molecular weight is 274 g/mol. The van der Waals surface area contributed by atoms with Gasteiger partial charge in [0, 0.05) is 38.2 Å². The molecule has 0 unspecified atom stereocenters. The lowest BCUT2D eigenvalue weighted by molar-refractivity contribution is -0.130. The number of hydrogen-bond donors (Lipinski definition) is 0. The SMILES string of the molecule is CCC(=O)N1CCCN(C(=O)c2cccc(C)c2)CC1. The van der Waals surface area contributed by atoms with E-state index in [1.807, 2.05) is 47.9 Å². The van der Waals surface area contributed by atoms with Gasteiger partial charge in [0.15, 0.2) is 0 Å². The average Bonchev–Trinajstić information content (AvgIpc) is 2.71. The molecule has 1 aromatic carbocycles.